The molecule has 1 aromatic rings. The number of aliphatic carboxylic acids is 1. The molecule has 1 fully saturated rings. The Hall–Kier alpha value is -1.85. The van der Waals surface area contributed by atoms with Crippen molar-refractivity contribution in [3.8, 4) is 0 Å². The van der Waals surface area contributed by atoms with Gasteiger partial charge in [0.2, 0.25) is 5.91 Å². The lowest BCUT2D eigenvalue weighted by Crippen LogP contribution is -2.42. The minimum atomic E-state index is -1.01. The van der Waals surface area contributed by atoms with E-state index in [0.717, 1.165) is 5.56 Å². The second kappa shape index (κ2) is 5.50. The number of amides is 1. The number of carbonyl (C=O) groups is 2. The lowest BCUT2D eigenvalue weighted by molar-refractivity contribution is -0.146. The Morgan fingerprint density at radius 3 is 2.52 bits per heavy atom. The summed E-state index contributed by atoms with van der Waals surface area (Å²) in [6.07, 6.45) is 2.50. The lowest BCUT2D eigenvalue weighted by atomic mass is 9.82. The fourth-order valence-corrected chi connectivity index (χ4v) is 3.06. The average Bonchev–Trinajstić information content (AvgIpc) is 3.06. The SMILES string of the molecule is O=C(NCc1ccccc1Cl)[C@@H]1[C@H](C(=O)O)[C@H]2C=C[C@H]1O2. The average molecular weight is 308 g/mol. The molecule has 2 N–H and O–H groups in total. The van der Waals surface area contributed by atoms with Gasteiger partial charge in [-0.1, -0.05) is 42.0 Å². The smallest absolute Gasteiger partial charge is 0.310 e. The van der Waals surface area contributed by atoms with E-state index in [4.69, 9.17) is 16.3 Å². The molecule has 2 aliphatic heterocycles. The van der Waals surface area contributed by atoms with Gasteiger partial charge in [0.05, 0.1) is 18.1 Å². The molecule has 1 saturated heterocycles. The monoisotopic (exact) mass is 307 g/mol. The van der Waals surface area contributed by atoms with E-state index in [1.807, 2.05) is 18.2 Å². The van der Waals surface area contributed by atoms with E-state index in [1.165, 1.54) is 0 Å². The third-order valence-corrected chi connectivity index (χ3v) is 4.27. The van der Waals surface area contributed by atoms with Gasteiger partial charge < -0.3 is 15.2 Å². The number of hydrogen-bond acceptors (Lipinski definition) is 3. The Kier molecular flexibility index (Phi) is 3.69. The van der Waals surface area contributed by atoms with Crippen LogP contribution >= 0.6 is 11.6 Å². The van der Waals surface area contributed by atoms with E-state index in [0.29, 0.717) is 5.02 Å². The highest BCUT2D eigenvalue weighted by atomic mass is 35.5. The van der Waals surface area contributed by atoms with Gasteiger partial charge in [-0.3, -0.25) is 9.59 Å². The van der Waals surface area contributed by atoms with Crippen LogP contribution in [0.3, 0.4) is 0 Å². The zero-order chi connectivity index (χ0) is 15.0. The van der Waals surface area contributed by atoms with Crippen molar-refractivity contribution in [3.63, 3.8) is 0 Å². The first-order chi connectivity index (χ1) is 10.1. The summed E-state index contributed by atoms with van der Waals surface area (Å²) in [5, 5.41) is 12.6. The summed E-state index contributed by atoms with van der Waals surface area (Å²) < 4.78 is 5.48. The van der Waals surface area contributed by atoms with Crippen molar-refractivity contribution in [2.45, 2.75) is 18.8 Å². The zero-order valence-corrected chi connectivity index (χ0v) is 11.8. The lowest BCUT2D eigenvalue weighted by Gasteiger charge is -2.21. The zero-order valence-electron chi connectivity index (χ0n) is 11.0. The number of hydrogen-bond donors (Lipinski definition) is 2. The van der Waals surface area contributed by atoms with E-state index >= 15 is 0 Å². The first kappa shape index (κ1) is 14.1. The van der Waals surface area contributed by atoms with Crippen molar-refractivity contribution < 1.29 is 19.4 Å². The van der Waals surface area contributed by atoms with Crippen molar-refractivity contribution in [2.75, 3.05) is 0 Å². The molecular weight excluding hydrogens is 294 g/mol. The van der Waals surface area contributed by atoms with Crippen LogP contribution in [0.25, 0.3) is 0 Å². The summed E-state index contributed by atoms with van der Waals surface area (Å²) in [5.74, 6) is -2.85. The van der Waals surface area contributed by atoms with E-state index in [-0.39, 0.29) is 12.5 Å². The van der Waals surface area contributed by atoms with Crippen LogP contribution in [0.4, 0.5) is 0 Å². The Balaban J connectivity index is 1.69. The van der Waals surface area contributed by atoms with Crippen LogP contribution in [-0.4, -0.2) is 29.2 Å². The van der Waals surface area contributed by atoms with Gasteiger partial charge in [-0.05, 0) is 11.6 Å². The second-order valence-electron chi connectivity index (χ2n) is 5.15. The Morgan fingerprint density at radius 1 is 1.19 bits per heavy atom. The van der Waals surface area contributed by atoms with Crippen molar-refractivity contribution in [1.82, 2.24) is 5.32 Å². The number of fused-ring (bicyclic) bond motifs is 2. The molecule has 2 bridgehead atoms. The molecule has 0 spiro atoms. The Morgan fingerprint density at radius 2 is 1.86 bits per heavy atom. The molecule has 110 valence electrons. The topological polar surface area (TPSA) is 75.6 Å². The van der Waals surface area contributed by atoms with Crippen LogP contribution in [0.1, 0.15) is 5.56 Å². The summed E-state index contributed by atoms with van der Waals surface area (Å²) in [4.78, 5) is 23.6. The summed E-state index contributed by atoms with van der Waals surface area (Å²) >= 11 is 6.03. The van der Waals surface area contributed by atoms with Gasteiger partial charge >= 0.3 is 5.97 Å². The number of benzene rings is 1. The molecule has 0 radical (unpaired) electrons. The second-order valence-corrected chi connectivity index (χ2v) is 5.56. The molecule has 2 aliphatic rings. The maximum Gasteiger partial charge on any atom is 0.310 e. The van der Waals surface area contributed by atoms with Crippen LogP contribution in [0.2, 0.25) is 5.02 Å². The number of rotatable bonds is 4. The predicted octanol–water partition coefficient (Wildman–Crippen LogP) is 1.61. The van der Waals surface area contributed by atoms with E-state index in [2.05, 4.69) is 5.32 Å². The molecule has 0 aliphatic carbocycles. The molecule has 1 aromatic carbocycles. The third-order valence-electron chi connectivity index (χ3n) is 3.90. The molecule has 0 saturated carbocycles. The molecule has 21 heavy (non-hydrogen) atoms. The number of ether oxygens (including phenoxy) is 1. The normalized spacial score (nSPS) is 29.6. The summed E-state index contributed by atoms with van der Waals surface area (Å²) in [5.41, 5.74) is 0.791. The molecule has 1 amide bonds. The van der Waals surface area contributed by atoms with Crippen molar-refractivity contribution in [3.05, 3.63) is 47.0 Å². The van der Waals surface area contributed by atoms with E-state index in [1.54, 1.807) is 18.2 Å². The van der Waals surface area contributed by atoms with Crippen LogP contribution < -0.4 is 5.32 Å². The van der Waals surface area contributed by atoms with Gasteiger partial charge in [0.25, 0.3) is 0 Å². The Bertz CT molecular complexity index is 615. The largest absolute Gasteiger partial charge is 0.481 e. The number of halogens is 1. The van der Waals surface area contributed by atoms with Crippen LogP contribution in [0.5, 0.6) is 0 Å². The number of nitrogens with one attached hydrogen (secondary N) is 1. The number of carboxylic acids is 1. The molecular formula is C15H14ClNO4. The molecule has 2 heterocycles. The quantitative estimate of drug-likeness (QED) is 0.829. The Labute approximate surface area is 126 Å². The van der Waals surface area contributed by atoms with Gasteiger partial charge in [-0.15, -0.1) is 0 Å². The van der Waals surface area contributed by atoms with Gasteiger partial charge in [0.1, 0.15) is 5.92 Å². The summed E-state index contributed by atoms with van der Waals surface area (Å²) in [6, 6.07) is 7.19. The molecule has 6 heteroatoms. The van der Waals surface area contributed by atoms with Crippen LogP contribution in [-0.2, 0) is 20.9 Å². The summed E-state index contributed by atoms with van der Waals surface area (Å²) in [7, 11) is 0. The van der Waals surface area contributed by atoms with Crippen LogP contribution in [0, 0.1) is 11.8 Å². The third kappa shape index (κ3) is 2.54. The highest BCUT2D eigenvalue weighted by Crippen LogP contribution is 2.39. The van der Waals surface area contributed by atoms with Gasteiger partial charge in [-0.2, -0.15) is 0 Å². The highest BCUT2D eigenvalue weighted by Gasteiger charge is 2.53. The number of carbonyl (C=O) groups excluding carboxylic acids is 1. The molecule has 3 rings (SSSR count). The fourth-order valence-electron chi connectivity index (χ4n) is 2.86. The van der Waals surface area contributed by atoms with E-state index in [9.17, 15) is 14.7 Å². The minimum absolute atomic E-state index is 0.266. The molecule has 4 atom stereocenters. The number of carboxylic acid groups (broad SMARTS) is 1. The van der Waals surface area contributed by atoms with Crippen molar-refractivity contribution in [1.29, 1.82) is 0 Å². The first-order valence-electron chi connectivity index (χ1n) is 6.65. The van der Waals surface area contributed by atoms with Crippen molar-refractivity contribution >= 4 is 23.5 Å². The highest BCUT2D eigenvalue weighted by molar-refractivity contribution is 6.31. The van der Waals surface area contributed by atoms with Gasteiger partial charge in [-0.25, -0.2) is 0 Å². The molecule has 5 nitrogen and oxygen atoms in total. The molecule has 0 aromatic heterocycles. The summed E-state index contributed by atoms with van der Waals surface area (Å²) in [6.45, 7) is 0.266. The van der Waals surface area contributed by atoms with Gasteiger partial charge in [0, 0.05) is 11.6 Å². The fraction of sp³-hybridized carbons (Fsp3) is 0.333. The maximum atomic E-state index is 12.3. The maximum absolute atomic E-state index is 12.3. The standard InChI is InChI=1S/C15H14ClNO4/c16-9-4-2-1-3-8(9)7-17-14(18)12-10-5-6-11(21-10)13(12)15(19)20/h1-6,10-13H,7H2,(H,17,18)(H,19,20)/t10-,11-,12+,13-/m1/s1. The predicted molar refractivity (Wildman–Crippen MR) is 75.7 cm³/mol. The van der Waals surface area contributed by atoms with E-state index < -0.39 is 30.0 Å². The van der Waals surface area contributed by atoms with Crippen LogP contribution in [0.15, 0.2) is 36.4 Å². The minimum Gasteiger partial charge on any atom is -0.481 e. The molecule has 0 unspecified atom stereocenters. The first-order valence-corrected chi connectivity index (χ1v) is 7.03. The van der Waals surface area contributed by atoms with Gasteiger partial charge in [0.15, 0.2) is 0 Å². The van der Waals surface area contributed by atoms with Crippen molar-refractivity contribution in [2.24, 2.45) is 11.8 Å².